The molecule has 2 bridgehead atoms. The smallest absolute Gasteiger partial charge is 0.139 e. The lowest BCUT2D eigenvalue weighted by atomic mass is 9.83. The maximum absolute atomic E-state index is 5.65. The van der Waals surface area contributed by atoms with E-state index in [-0.39, 0.29) is 0 Å². The van der Waals surface area contributed by atoms with Crippen molar-refractivity contribution in [3.63, 3.8) is 0 Å². The van der Waals surface area contributed by atoms with Gasteiger partial charge in [0.25, 0.3) is 0 Å². The monoisotopic (exact) mass is 239 g/mol. The Morgan fingerprint density at radius 3 is 2.78 bits per heavy atom. The Morgan fingerprint density at radius 1 is 1.06 bits per heavy atom. The zero-order valence-electron chi connectivity index (χ0n) is 10.3. The third-order valence-corrected chi connectivity index (χ3v) is 4.71. The molecule has 2 saturated carbocycles. The summed E-state index contributed by atoms with van der Waals surface area (Å²) < 4.78 is 0. The van der Waals surface area contributed by atoms with E-state index in [9.17, 15) is 0 Å². The van der Waals surface area contributed by atoms with Crippen molar-refractivity contribution in [1.82, 2.24) is 0 Å². The first-order valence-electron chi connectivity index (χ1n) is 6.88. The summed E-state index contributed by atoms with van der Waals surface area (Å²) in [7, 11) is 0. The summed E-state index contributed by atoms with van der Waals surface area (Å²) in [5.74, 6) is 2.16. The van der Waals surface area contributed by atoms with Crippen molar-refractivity contribution >= 4 is 11.8 Å². The molecule has 1 aliphatic heterocycles. The maximum Gasteiger partial charge on any atom is 0.139 e. The van der Waals surface area contributed by atoms with E-state index in [1.807, 2.05) is 6.07 Å². The van der Waals surface area contributed by atoms with E-state index in [2.05, 4.69) is 41.6 Å². The van der Waals surface area contributed by atoms with Crippen LogP contribution >= 0.6 is 0 Å². The van der Waals surface area contributed by atoms with E-state index in [0.29, 0.717) is 12.0 Å². The second kappa shape index (κ2) is 3.98. The molecule has 2 fully saturated rings. The molecule has 4 unspecified atom stereocenters. The van der Waals surface area contributed by atoms with Crippen molar-refractivity contribution in [1.29, 1.82) is 0 Å². The Kier molecular flexibility index (Phi) is 2.29. The summed E-state index contributed by atoms with van der Waals surface area (Å²) in [6, 6.07) is 10.4. The highest BCUT2D eigenvalue weighted by Crippen LogP contribution is 2.52. The summed E-state index contributed by atoms with van der Waals surface area (Å²) in [4.78, 5) is 5.65. The highest BCUT2D eigenvalue weighted by Gasteiger charge is 2.53. The fourth-order valence-corrected chi connectivity index (χ4v) is 3.87. The van der Waals surface area contributed by atoms with Crippen LogP contribution in [0.3, 0.4) is 0 Å². The molecule has 92 valence electrons. The molecule has 4 rings (SSSR count). The second-order valence-corrected chi connectivity index (χ2v) is 5.69. The fraction of sp³-hybridized carbons (Fsp3) is 0.438. The summed E-state index contributed by atoms with van der Waals surface area (Å²) in [5.41, 5.74) is 2.39. The predicted octanol–water partition coefficient (Wildman–Crippen LogP) is 3.50. The first-order valence-corrected chi connectivity index (χ1v) is 6.88. The molecule has 18 heavy (non-hydrogen) atoms. The van der Waals surface area contributed by atoms with Crippen LogP contribution in [0.1, 0.15) is 24.8 Å². The van der Waals surface area contributed by atoms with Gasteiger partial charge in [-0.05, 0) is 42.7 Å². The Balaban J connectivity index is 1.55. The lowest BCUT2D eigenvalue weighted by Gasteiger charge is -2.22. The van der Waals surface area contributed by atoms with Crippen LogP contribution in [0.15, 0.2) is 41.6 Å². The molecule has 1 aromatic carbocycles. The highest BCUT2D eigenvalue weighted by molar-refractivity contribution is 6.01. The molecule has 0 radical (unpaired) electrons. The van der Waals surface area contributed by atoms with Crippen molar-refractivity contribution in [3.05, 3.63) is 42.0 Å². The maximum atomic E-state index is 5.65. The number of rotatable bonds is 2. The zero-order valence-corrected chi connectivity index (χ0v) is 10.3. The number of allylic oxidation sites excluding steroid dienone is 1. The van der Waals surface area contributed by atoms with Crippen LogP contribution in [-0.4, -0.2) is 11.8 Å². The second-order valence-electron chi connectivity index (χ2n) is 5.69. The Bertz CT molecular complexity index is 505. The Labute approximate surface area is 107 Å². The summed E-state index contributed by atoms with van der Waals surface area (Å²) >= 11 is 0. The molecule has 0 spiro atoms. The van der Waals surface area contributed by atoms with Gasteiger partial charge in [0.15, 0.2) is 0 Å². The normalized spacial score (nSPS) is 36.8. The van der Waals surface area contributed by atoms with Gasteiger partial charge in [0.1, 0.15) is 6.10 Å². The van der Waals surface area contributed by atoms with Crippen LogP contribution in [0, 0.1) is 17.8 Å². The number of hydrogen-bond acceptors (Lipinski definition) is 2. The number of benzene rings is 1. The lowest BCUT2D eigenvalue weighted by Crippen LogP contribution is -2.28. The topological polar surface area (TPSA) is 21.6 Å². The number of oxime groups is 1. The minimum Gasteiger partial charge on any atom is -0.391 e. The number of hydrogen-bond donors (Lipinski definition) is 0. The molecule has 0 amide bonds. The molecule has 0 N–H and O–H groups in total. The molecule has 2 heteroatoms. The van der Waals surface area contributed by atoms with Crippen LogP contribution in [0.25, 0.3) is 6.08 Å². The van der Waals surface area contributed by atoms with Gasteiger partial charge in [-0.15, -0.1) is 0 Å². The molecule has 1 aromatic rings. The van der Waals surface area contributed by atoms with Gasteiger partial charge in [0.05, 0.1) is 5.71 Å². The quantitative estimate of drug-likeness (QED) is 0.774. The van der Waals surface area contributed by atoms with Gasteiger partial charge >= 0.3 is 0 Å². The molecule has 4 atom stereocenters. The van der Waals surface area contributed by atoms with Crippen LogP contribution < -0.4 is 0 Å². The summed E-state index contributed by atoms with van der Waals surface area (Å²) in [6.07, 6.45) is 8.76. The van der Waals surface area contributed by atoms with Gasteiger partial charge in [0.2, 0.25) is 0 Å². The SMILES string of the molecule is C(=Cc1ccccc1)C1=NOC2C3CCC(C3)C12. The van der Waals surface area contributed by atoms with Gasteiger partial charge in [-0.1, -0.05) is 41.6 Å². The Hall–Kier alpha value is -1.57. The molecule has 0 saturated heterocycles. The van der Waals surface area contributed by atoms with Crippen LogP contribution in [-0.2, 0) is 4.84 Å². The number of nitrogens with zero attached hydrogens (tertiary/aromatic N) is 1. The molecule has 1 heterocycles. The standard InChI is InChI=1S/C16H17NO/c1-2-4-11(5-3-1)6-9-14-15-12-7-8-13(10-12)16(15)18-17-14/h1-6,9,12-13,15-16H,7-8,10H2. The first-order chi connectivity index (χ1) is 8.92. The van der Waals surface area contributed by atoms with Crippen LogP contribution in [0.4, 0.5) is 0 Å². The van der Waals surface area contributed by atoms with Gasteiger partial charge < -0.3 is 4.84 Å². The lowest BCUT2D eigenvalue weighted by molar-refractivity contribution is 0.0275. The summed E-state index contributed by atoms with van der Waals surface area (Å²) in [6.45, 7) is 0. The van der Waals surface area contributed by atoms with Gasteiger partial charge in [0, 0.05) is 5.92 Å². The minimum absolute atomic E-state index is 0.388. The highest BCUT2D eigenvalue weighted by atomic mass is 16.6. The van der Waals surface area contributed by atoms with E-state index in [1.165, 1.54) is 24.8 Å². The molecule has 2 nitrogen and oxygen atoms in total. The molecular weight excluding hydrogens is 222 g/mol. The van der Waals surface area contributed by atoms with Crippen molar-refractivity contribution in [3.8, 4) is 0 Å². The van der Waals surface area contributed by atoms with Crippen LogP contribution in [0.5, 0.6) is 0 Å². The minimum atomic E-state index is 0.388. The van der Waals surface area contributed by atoms with Crippen molar-refractivity contribution in [2.45, 2.75) is 25.4 Å². The van der Waals surface area contributed by atoms with E-state index >= 15 is 0 Å². The third-order valence-electron chi connectivity index (χ3n) is 4.71. The average Bonchev–Trinajstić information content (AvgIpc) is 3.11. The van der Waals surface area contributed by atoms with E-state index in [1.54, 1.807) is 0 Å². The van der Waals surface area contributed by atoms with E-state index in [4.69, 9.17) is 4.84 Å². The van der Waals surface area contributed by atoms with Crippen molar-refractivity contribution < 1.29 is 4.84 Å². The molecular formula is C16H17NO. The molecule has 0 aromatic heterocycles. The first kappa shape index (κ1) is 10.4. The zero-order chi connectivity index (χ0) is 11.9. The fourth-order valence-electron chi connectivity index (χ4n) is 3.87. The summed E-state index contributed by atoms with van der Waals surface area (Å²) in [5, 5.41) is 4.31. The van der Waals surface area contributed by atoms with Crippen LogP contribution in [0.2, 0.25) is 0 Å². The third kappa shape index (κ3) is 1.52. The molecule has 2 aliphatic carbocycles. The van der Waals surface area contributed by atoms with E-state index < -0.39 is 0 Å². The molecule has 3 aliphatic rings. The average molecular weight is 239 g/mol. The van der Waals surface area contributed by atoms with Crippen molar-refractivity contribution in [2.75, 3.05) is 0 Å². The van der Waals surface area contributed by atoms with Gasteiger partial charge in [-0.25, -0.2) is 0 Å². The van der Waals surface area contributed by atoms with E-state index in [0.717, 1.165) is 17.5 Å². The van der Waals surface area contributed by atoms with Crippen molar-refractivity contribution in [2.24, 2.45) is 22.9 Å². The number of fused-ring (bicyclic) bond motifs is 5. The van der Waals surface area contributed by atoms with Gasteiger partial charge in [-0.3, -0.25) is 0 Å². The predicted molar refractivity (Wildman–Crippen MR) is 72.1 cm³/mol. The largest absolute Gasteiger partial charge is 0.391 e. The Morgan fingerprint density at radius 2 is 1.89 bits per heavy atom. The van der Waals surface area contributed by atoms with Gasteiger partial charge in [-0.2, -0.15) is 0 Å².